The van der Waals surface area contributed by atoms with E-state index in [2.05, 4.69) is 4.98 Å². The molecule has 106 valence electrons. The second-order valence-electron chi connectivity index (χ2n) is 4.70. The molecule has 2 heterocycles. The van der Waals surface area contributed by atoms with E-state index in [0.717, 1.165) is 0 Å². The first kappa shape index (κ1) is 11.9. The Balaban J connectivity index is 2.30. The van der Waals surface area contributed by atoms with Crippen LogP contribution >= 0.6 is 0 Å². The van der Waals surface area contributed by atoms with Crippen molar-refractivity contribution in [1.82, 2.24) is 4.98 Å². The van der Waals surface area contributed by atoms with Gasteiger partial charge in [-0.25, -0.2) is 0 Å². The lowest BCUT2D eigenvalue weighted by atomic mass is 10.1. The lowest BCUT2D eigenvalue weighted by Gasteiger charge is -2.11. The van der Waals surface area contributed by atoms with Gasteiger partial charge in [-0.15, -0.1) is 0 Å². The van der Waals surface area contributed by atoms with Crippen LogP contribution in [0.4, 0.5) is 0 Å². The van der Waals surface area contributed by atoms with E-state index in [1.807, 2.05) is 6.07 Å². The van der Waals surface area contributed by atoms with Crippen LogP contribution in [0.5, 0.6) is 23.0 Å². The molecular weight excluding hydrogens is 274 g/mol. The van der Waals surface area contributed by atoms with Gasteiger partial charge in [-0.1, -0.05) is 12.1 Å². The molecule has 0 amide bonds. The molecule has 2 aromatic carbocycles. The van der Waals surface area contributed by atoms with Gasteiger partial charge in [0.05, 0.1) is 12.5 Å². The number of methoxy groups -OCH3 is 1. The number of phenols is 1. The van der Waals surface area contributed by atoms with Gasteiger partial charge in [0.15, 0.2) is 11.5 Å². The van der Waals surface area contributed by atoms with Crippen molar-refractivity contribution in [2.45, 2.75) is 0 Å². The number of nitrogens with one attached hydrogen (secondary N) is 1. The van der Waals surface area contributed by atoms with Crippen molar-refractivity contribution in [3.63, 3.8) is 0 Å². The zero-order valence-electron chi connectivity index (χ0n) is 11.1. The number of rotatable bonds is 1. The summed E-state index contributed by atoms with van der Waals surface area (Å²) in [6, 6.07) is 7.08. The molecule has 0 atom stereocenters. The molecule has 0 aliphatic carbocycles. The highest BCUT2D eigenvalue weighted by Crippen LogP contribution is 2.51. The summed E-state index contributed by atoms with van der Waals surface area (Å²) in [5, 5.41) is 11.0. The molecule has 0 saturated heterocycles. The van der Waals surface area contributed by atoms with Crippen molar-refractivity contribution in [3.05, 3.63) is 34.5 Å². The Hall–Kier alpha value is -2.89. The third-order valence-electron chi connectivity index (χ3n) is 3.61. The molecule has 6 nitrogen and oxygen atoms in total. The van der Waals surface area contributed by atoms with Crippen LogP contribution in [0, 0.1) is 0 Å². The molecule has 1 aliphatic heterocycles. The summed E-state index contributed by atoms with van der Waals surface area (Å²) in [6.07, 6.45) is 0. The minimum Gasteiger partial charge on any atom is -0.504 e. The second-order valence-corrected chi connectivity index (χ2v) is 4.70. The maximum Gasteiger partial charge on any atom is 0.231 e. The van der Waals surface area contributed by atoms with Crippen molar-refractivity contribution >= 4 is 21.8 Å². The topological polar surface area (TPSA) is 80.8 Å². The molecule has 3 aromatic rings. The lowest BCUT2D eigenvalue weighted by Crippen LogP contribution is -2.05. The van der Waals surface area contributed by atoms with E-state index in [1.54, 1.807) is 18.2 Å². The van der Waals surface area contributed by atoms with Crippen LogP contribution in [0.15, 0.2) is 29.1 Å². The van der Waals surface area contributed by atoms with Crippen molar-refractivity contribution in [2.24, 2.45) is 0 Å². The molecule has 0 bridgehead atoms. The number of ether oxygens (including phenoxy) is 3. The number of hydrogen-bond acceptors (Lipinski definition) is 5. The highest BCUT2D eigenvalue weighted by atomic mass is 16.7. The van der Waals surface area contributed by atoms with E-state index >= 15 is 0 Å². The second kappa shape index (κ2) is 4.05. The van der Waals surface area contributed by atoms with Gasteiger partial charge >= 0.3 is 0 Å². The van der Waals surface area contributed by atoms with E-state index < -0.39 is 0 Å². The highest BCUT2D eigenvalue weighted by molar-refractivity contribution is 6.02. The number of benzene rings is 2. The van der Waals surface area contributed by atoms with Crippen molar-refractivity contribution in [1.29, 1.82) is 0 Å². The highest BCUT2D eigenvalue weighted by Gasteiger charge is 2.29. The summed E-state index contributed by atoms with van der Waals surface area (Å²) in [5.41, 5.74) is 0.767. The van der Waals surface area contributed by atoms with Gasteiger partial charge in [-0.05, 0) is 12.1 Å². The Bertz CT molecular complexity index is 944. The van der Waals surface area contributed by atoms with Crippen molar-refractivity contribution in [3.8, 4) is 23.0 Å². The smallest absolute Gasteiger partial charge is 0.231 e. The van der Waals surface area contributed by atoms with Crippen LogP contribution in [0.1, 0.15) is 0 Å². The largest absolute Gasteiger partial charge is 0.504 e. The third-order valence-corrected chi connectivity index (χ3v) is 3.61. The van der Waals surface area contributed by atoms with Crippen molar-refractivity contribution < 1.29 is 19.3 Å². The van der Waals surface area contributed by atoms with Crippen molar-refractivity contribution in [2.75, 3.05) is 13.9 Å². The van der Waals surface area contributed by atoms with E-state index in [4.69, 9.17) is 14.2 Å². The molecule has 0 saturated carbocycles. The summed E-state index contributed by atoms with van der Waals surface area (Å²) >= 11 is 0. The molecule has 0 spiro atoms. The van der Waals surface area contributed by atoms with E-state index in [-0.39, 0.29) is 29.1 Å². The lowest BCUT2D eigenvalue weighted by molar-refractivity contribution is 0.169. The average molecular weight is 285 g/mol. The number of pyridine rings is 1. The number of phenolic OH excluding ortho intramolecular Hbond substituents is 1. The fraction of sp³-hybridized carbons (Fsp3) is 0.133. The number of hydrogen-bond donors (Lipinski definition) is 2. The first-order chi connectivity index (χ1) is 10.2. The molecular formula is C15H11NO5. The summed E-state index contributed by atoms with van der Waals surface area (Å²) in [4.78, 5) is 15.8. The quantitative estimate of drug-likeness (QED) is 0.669. The average Bonchev–Trinajstić information content (AvgIpc) is 2.97. The van der Waals surface area contributed by atoms with Crippen LogP contribution in [0.25, 0.3) is 21.8 Å². The molecule has 1 aromatic heterocycles. The monoisotopic (exact) mass is 285 g/mol. The van der Waals surface area contributed by atoms with Crippen LogP contribution in [-0.4, -0.2) is 24.0 Å². The van der Waals surface area contributed by atoms with Gasteiger partial charge in [0.25, 0.3) is 0 Å². The zero-order chi connectivity index (χ0) is 14.6. The standard InChI is InChI=1S/C15H11NO5/c1-19-13-10-9(12(18)14-15(13)21-6-20-14)11(17)7-4-2-3-5-8(7)16-10/h2-5,18H,6H2,1H3,(H,16,17). The van der Waals surface area contributed by atoms with E-state index in [0.29, 0.717) is 27.9 Å². The Morgan fingerprint density at radius 2 is 2.00 bits per heavy atom. The molecule has 21 heavy (non-hydrogen) atoms. The first-order valence-corrected chi connectivity index (χ1v) is 6.35. The van der Waals surface area contributed by atoms with Gasteiger partial charge in [0, 0.05) is 10.9 Å². The minimum absolute atomic E-state index is 0.0245. The number of fused-ring (bicyclic) bond motifs is 3. The van der Waals surface area contributed by atoms with Crippen LogP contribution in [0.3, 0.4) is 0 Å². The van der Waals surface area contributed by atoms with Gasteiger partial charge in [-0.2, -0.15) is 0 Å². The Morgan fingerprint density at radius 1 is 1.24 bits per heavy atom. The Kier molecular flexibility index (Phi) is 2.29. The van der Waals surface area contributed by atoms with Crippen LogP contribution < -0.4 is 19.6 Å². The maximum atomic E-state index is 12.6. The number of aromatic amines is 1. The normalized spacial score (nSPS) is 13.0. The number of aromatic hydroxyl groups is 1. The van der Waals surface area contributed by atoms with E-state index in [1.165, 1.54) is 7.11 Å². The molecule has 0 radical (unpaired) electrons. The maximum absolute atomic E-state index is 12.6. The number of H-pyrrole nitrogens is 1. The third kappa shape index (κ3) is 1.44. The molecule has 0 fully saturated rings. The SMILES string of the molecule is COc1c2c(c(O)c3c(=O)c4ccccc4[nH]c13)OCO2. The summed E-state index contributed by atoms with van der Waals surface area (Å²) in [6.45, 7) is -0.0245. The van der Waals surface area contributed by atoms with Crippen LogP contribution in [-0.2, 0) is 0 Å². The predicted octanol–water partition coefficient (Wildman–Crippen LogP) is 2.12. The summed E-state index contributed by atoms with van der Waals surface area (Å²) in [7, 11) is 1.47. The number of aromatic nitrogens is 1. The predicted molar refractivity (Wildman–Crippen MR) is 76.4 cm³/mol. The Morgan fingerprint density at radius 3 is 2.81 bits per heavy atom. The fourth-order valence-electron chi connectivity index (χ4n) is 2.68. The van der Waals surface area contributed by atoms with Crippen LogP contribution in [0.2, 0.25) is 0 Å². The van der Waals surface area contributed by atoms with E-state index in [9.17, 15) is 9.90 Å². The molecule has 6 heteroatoms. The fourth-order valence-corrected chi connectivity index (χ4v) is 2.68. The number of para-hydroxylation sites is 1. The van der Waals surface area contributed by atoms with Gasteiger partial charge in [0.2, 0.25) is 23.7 Å². The van der Waals surface area contributed by atoms with Gasteiger partial charge in [-0.3, -0.25) is 4.79 Å². The molecule has 0 unspecified atom stereocenters. The molecule has 2 N–H and O–H groups in total. The zero-order valence-corrected chi connectivity index (χ0v) is 11.1. The van der Waals surface area contributed by atoms with Gasteiger partial charge in [0.1, 0.15) is 5.52 Å². The Labute approximate surface area is 118 Å². The first-order valence-electron chi connectivity index (χ1n) is 6.35. The minimum atomic E-state index is -0.284. The molecule has 1 aliphatic rings. The summed E-state index contributed by atoms with van der Waals surface area (Å²) in [5.74, 6) is 0.553. The summed E-state index contributed by atoms with van der Waals surface area (Å²) < 4.78 is 15.9. The molecule has 4 rings (SSSR count). The van der Waals surface area contributed by atoms with Gasteiger partial charge < -0.3 is 24.3 Å².